The van der Waals surface area contributed by atoms with E-state index in [4.69, 9.17) is 20.8 Å². The highest BCUT2D eigenvalue weighted by atomic mass is 35.5. The first-order valence-corrected chi connectivity index (χ1v) is 10.7. The Bertz CT molecular complexity index is 1380. The van der Waals surface area contributed by atoms with Crippen molar-refractivity contribution < 1.29 is 13.9 Å². The molecule has 0 unspecified atom stereocenters. The fourth-order valence-electron chi connectivity index (χ4n) is 3.26. The van der Waals surface area contributed by atoms with Gasteiger partial charge in [-0.05, 0) is 43.7 Å². The third kappa shape index (κ3) is 3.84. The maximum Gasteiger partial charge on any atom is 0.315 e. The number of carbonyl (C=O) groups excluding carboxylic acids is 1. The van der Waals surface area contributed by atoms with E-state index >= 15 is 0 Å². The van der Waals surface area contributed by atoms with E-state index in [1.54, 1.807) is 24.3 Å². The van der Waals surface area contributed by atoms with Gasteiger partial charge in [0.1, 0.15) is 5.58 Å². The quantitative estimate of drug-likeness (QED) is 0.425. The molecule has 0 atom stereocenters. The number of ether oxygens (including phenoxy) is 1. The first kappa shape index (κ1) is 20.5. The van der Waals surface area contributed by atoms with E-state index in [0.29, 0.717) is 40.6 Å². The maximum absolute atomic E-state index is 12.9. The molecule has 0 radical (unpaired) electrons. The minimum absolute atomic E-state index is 0.0951. The zero-order valence-corrected chi connectivity index (χ0v) is 18.0. The van der Waals surface area contributed by atoms with Gasteiger partial charge in [-0.3, -0.25) is 9.59 Å². The van der Waals surface area contributed by atoms with Gasteiger partial charge < -0.3 is 13.7 Å². The van der Waals surface area contributed by atoms with Crippen molar-refractivity contribution >= 4 is 50.0 Å². The maximum atomic E-state index is 12.9. The third-order valence-corrected chi connectivity index (χ3v) is 6.19. The van der Waals surface area contributed by atoms with Crippen LogP contribution in [0.1, 0.15) is 23.0 Å². The predicted molar refractivity (Wildman–Crippen MR) is 118 cm³/mol. The van der Waals surface area contributed by atoms with Crippen LogP contribution in [0.5, 0.6) is 0 Å². The number of carbonyl (C=O) groups is 1. The lowest BCUT2D eigenvalue weighted by atomic mass is 10.2. The van der Waals surface area contributed by atoms with Gasteiger partial charge in [0.15, 0.2) is 16.0 Å². The number of rotatable bonds is 5. The SMILES string of the molecule is CCOCCn1c(=NC(=O)c2cc(=O)c3ccccc3o2)sc2ccc(Cl)c(C)c21. The van der Waals surface area contributed by atoms with Crippen LogP contribution < -0.4 is 10.2 Å². The van der Waals surface area contributed by atoms with Crippen molar-refractivity contribution in [2.45, 2.75) is 20.4 Å². The monoisotopic (exact) mass is 442 g/mol. The summed E-state index contributed by atoms with van der Waals surface area (Å²) >= 11 is 7.69. The highest BCUT2D eigenvalue weighted by Crippen LogP contribution is 2.27. The number of amides is 1. The predicted octanol–water partition coefficient (Wildman–Crippen LogP) is 4.55. The number of para-hydroxylation sites is 1. The summed E-state index contributed by atoms with van der Waals surface area (Å²) in [6, 6.07) is 11.7. The first-order chi connectivity index (χ1) is 14.5. The van der Waals surface area contributed by atoms with Gasteiger partial charge in [0, 0.05) is 24.2 Å². The molecule has 1 amide bonds. The second kappa shape index (κ2) is 8.55. The lowest BCUT2D eigenvalue weighted by Gasteiger charge is -2.08. The molecule has 0 aliphatic carbocycles. The van der Waals surface area contributed by atoms with Gasteiger partial charge in [-0.15, -0.1) is 0 Å². The second-order valence-electron chi connectivity index (χ2n) is 6.64. The minimum Gasteiger partial charge on any atom is -0.451 e. The van der Waals surface area contributed by atoms with E-state index < -0.39 is 5.91 Å². The largest absolute Gasteiger partial charge is 0.451 e. The van der Waals surface area contributed by atoms with Gasteiger partial charge in [0.25, 0.3) is 0 Å². The molecule has 4 aromatic rings. The number of hydrogen-bond donors (Lipinski definition) is 0. The average molecular weight is 443 g/mol. The second-order valence-corrected chi connectivity index (χ2v) is 8.06. The molecule has 30 heavy (non-hydrogen) atoms. The molecule has 2 heterocycles. The molecule has 8 heteroatoms. The molecule has 154 valence electrons. The molecule has 0 saturated carbocycles. The Balaban J connectivity index is 1.85. The number of halogens is 1. The Hall–Kier alpha value is -2.74. The first-order valence-electron chi connectivity index (χ1n) is 9.47. The van der Waals surface area contributed by atoms with Crippen LogP contribution in [0.2, 0.25) is 5.02 Å². The summed E-state index contributed by atoms with van der Waals surface area (Å²) < 4.78 is 14.0. The number of thiazole rings is 1. The van der Waals surface area contributed by atoms with Crippen LogP contribution in [-0.2, 0) is 11.3 Å². The normalized spacial score (nSPS) is 12.2. The fraction of sp³-hybridized carbons (Fsp3) is 0.227. The molecular formula is C22H19ClN2O4S. The minimum atomic E-state index is -0.613. The molecule has 4 rings (SSSR count). The van der Waals surface area contributed by atoms with Crippen molar-refractivity contribution in [1.82, 2.24) is 4.57 Å². The fourth-order valence-corrected chi connectivity index (χ4v) is 4.53. The van der Waals surface area contributed by atoms with E-state index in [1.807, 2.05) is 30.5 Å². The van der Waals surface area contributed by atoms with Crippen LogP contribution in [0.3, 0.4) is 0 Å². The van der Waals surface area contributed by atoms with Crippen molar-refractivity contribution in [3.63, 3.8) is 0 Å². The Kier molecular flexibility index (Phi) is 5.85. The average Bonchev–Trinajstić information content (AvgIpc) is 3.08. The number of fused-ring (bicyclic) bond motifs is 2. The van der Waals surface area contributed by atoms with Gasteiger partial charge in [0.2, 0.25) is 0 Å². The molecule has 0 bridgehead atoms. The van der Waals surface area contributed by atoms with Crippen LogP contribution in [-0.4, -0.2) is 23.7 Å². The van der Waals surface area contributed by atoms with Crippen molar-refractivity contribution in [3.8, 4) is 0 Å². The molecule has 0 N–H and O–H groups in total. The third-order valence-electron chi connectivity index (χ3n) is 4.74. The molecule has 0 spiro atoms. The van der Waals surface area contributed by atoms with Crippen LogP contribution in [0.4, 0.5) is 0 Å². The smallest absolute Gasteiger partial charge is 0.315 e. The van der Waals surface area contributed by atoms with Crippen molar-refractivity contribution in [2.24, 2.45) is 4.99 Å². The van der Waals surface area contributed by atoms with E-state index in [9.17, 15) is 9.59 Å². The van der Waals surface area contributed by atoms with Gasteiger partial charge in [0.05, 0.1) is 22.2 Å². The van der Waals surface area contributed by atoms with Gasteiger partial charge in [-0.2, -0.15) is 4.99 Å². The summed E-state index contributed by atoms with van der Waals surface area (Å²) in [5, 5.41) is 1.07. The van der Waals surface area contributed by atoms with Crippen molar-refractivity contribution in [2.75, 3.05) is 13.2 Å². The van der Waals surface area contributed by atoms with Crippen LogP contribution in [0.25, 0.3) is 21.2 Å². The van der Waals surface area contributed by atoms with E-state index in [1.165, 1.54) is 17.4 Å². The summed E-state index contributed by atoms with van der Waals surface area (Å²) in [5.41, 5.74) is 1.90. The van der Waals surface area contributed by atoms with Crippen LogP contribution >= 0.6 is 22.9 Å². The zero-order chi connectivity index (χ0) is 21.3. The molecular weight excluding hydrogens is 424 g/mol. The van der Waals surface area contributed by atoms with Crippen LogP contribution in [0.15, 0.2) is 56.7 Å². The Morgan fingerprint density at radius 1 is 1.27 bits per heavy atom. The molecule has 0 aliphatic rings. The van der Waals surface area contributed by atoms with Crippen molar-refractivity contribution in [3.05, 3.63) is 73.8 Å². The summed E-state index contributed by atoms with van der Waals surface area (Å²) in [7, 11) is 0. The number of nitrogens with zero attached hydrogens (tertiary/aromatic N) is 2. The van der Waals surface area contributed by atoms with Gasteiger partial charge >= 0.3 is 5.91 Å². The molecule has 0 saturated heterocycles. The lowest BCUT2D eigenvalue weighted by Crippen LogP contribution is -2.20. The Morgan fingerprint density at radius 2 is 2.07 bits per heavy atom. The number of benzene rings is 2. The highest BCUT2D eigenvalue weighted by molar-refractivity contribution is 7.16. The number of hydrogen-bond acceptors (Lipinski definition) is 5. The molecule has 2 aromatic heterocycles. The summed E-state index contributed by atoms with van der Waals surface area (Å²) in [4.78, 5) is 30.0. The standard InChI is InChI=1S/C22H19ClN2O4S/c1-3-28-11-10-25-20-13(2)15(23)8-9-19(20)30-22(25)24-21(27)18-12-16(26)14-6-4-5-7-17(14)29-18/h4-9,12H,3,10-11H2,1-2H3. The van der Waals surface area contributed by atoms with E-state index in [0.717, 1.165) is 15.8 Å². The zero-order valence-electron chi connectivity index (χ0n) is 16.5. The number of aromatic nitrogens is 1. The van der Waals surface area contributed by atoms with Crippen LogP contribution in [0, 0.1) is 6.92 Å². The number of aryl methyl sites for hydroxylation is 1. The van der Waals surface area contributed by atoms with E-state index in [-0.39, 0.29) is 11.2 Å². The topological polar surface area (TPSA) is 73.8 Å². The Labute approximate surface area is 181 Å². The summed E-state index contributed by atoms with van der Waals surface area (Å²) in [6.07, 6.45) is 0. The molecule has 0 aliphatic heterocycles. The summed E-state index contributed by atoms with van der Waals surface area (Å²) in [5.74, 6) is -0.708. The molecule has 2 aromatic carbocycles. The Morgan fingerprint density at radius 3 is 2.87 bits per heavy atom. The highest BCUT2D eigenvalue weighted by Gasteiger charge is 2.15. The molecule has 6 nitrogen and oxygen atoms in total. The van der Waals surface area contributed by atoms with E-state index in [2.05, 4.69) is 4.99 Å². The molecule has 0 fully saturated rings. The van der Waals surface area contributed by atoms with Gasteiger partial charge in [-0.25, -0.2) is 0 Å². The lowest BCUT2D eigenvalue weighted by molar-refractivity contribution is 0.0971. The van der Waals surface area contributed by atoms with Gasteiger partial charge in [-0.1, -0.05) is 35.1 Å². The summed E-state index contributed by atoms with van der Waals surface area (Å²) in [6.45, 7) is 5.44. The van der Waals surface area contributed by atoms with Crippen molar-refractivity contribution in [1.29, 1.82) is 0 Å².